The third-order valence-corrected chi connectivity index (χ3v) is 3.28. The largest absolute Gasteiger partial charge is 0.339 e. The number of carbonyl (C=O) groups excluding carboxylic acids is 1. The molecule has 0 bridgehead atoms. The van der Waals surface area contributed by atoms with E-state index in [0.29, 0.717) is 0 Å². The third-order valence-electron chi connectivity index (χ3n) is 2.59. The van der Waals surface area contributed by atoms with E-state index in [1.807, 2.05) is 21.7 Å². The van der Waals surface area contributed by atoms with Crippen molar-refractivity contribution in [3.63, 3.8) is 0 Å². The molecule has 0 radical (unpaired) electrons. The van der Waals surface area contributed by atoms with Crippen LogP contribution in [-0.2, 0) is 0 Å². The Bertz CT molecular complexity index is 307. The van der Waals surface area contributed by atoms with Crippen molar-refractivity contribution in [2.75, 3.05) is 13.1 Å². The third kappa shape index (κ3) is 2.93. The number of halogens is 1. The van der Waals surface area contributed by atoms with Gasteiger partial charge in [0.25, 0.3) is 5.91 Å². The van der Waals surface area contributed by atoms with Gasteiger partial charge in [0.05, 0.1) is 5.56 Å². The van der Waals surface area contributed by atoms with Crippen LogP contribution in [-0.4, -0.2) is 29.9 Å². The monoisotopic (exact) mass is 246 g/mol. The van der Waals surface area contributed by atoms with Crippen molar-refractivity contribution >= 4 is 29.7 Å². The lowest BCUT2D eigenvalue weighted by Gasteiger charge is -2.29. The van der Waals surface area contributed by atoms with Gasteiger partial charge in [-0.2, -0.15) is 11.3 Å². The standard InChI is InChI=1S/C10H14N2OS.ClH/c11-9-1-4-12(5-2-9)10(13)8-3-6-14-7-8;/h3,6-7,9H,1-2,4-5,11H2;1H. The van der Waals surface area contributed by atoms with Crippen LogP contribution in [0.2, 0.25) is 0 Å². The average Bonchev–Trinajstić information content (AvgIpc) is 2.71. The van der Waals surface area contributed by atoms with Crippen LogP contribution in [0.15, 0.2) is 16.8 Å². The number of piperidine rings is 1. The molecule has 0 aromatic carbocycles. The lowest BCUT2D eigenvalue weighted by molar-refractivity contribution is 0.0715. The minimum atomic E-state index is 0. The molecule has 1 saturated heterocycles. The molecule has 0 unspecified atom stereocenters. The second-order valence-corrected chi connectivity index (χ2v) is 4.42. The number of hydrogen-bond donors (Lipinski definition) is 1. The second kappa shape index (κ2) is 5.49. The Hall–Kier alpha value is -0.580. The first-order chi connectivity index (χ1) is 6.77. The molecular formula is C10H15ClN2OS. The van der Waals surface area contributed by atoms with E-state index >= 15 is 0 Å². The number of likely N-dealkylation sites (tertiary alicyclic amines) is 1. The zero-order valence-corrected chi connectivity index (χ0v) is 10.0. The Morgan fingerprint density at radius 2 is 2.13 bits per heavy atom. The topological polar surface area (TPSA) is 46.3 Å². The van der Waals surface area contributed by atoms with Gasteiger partial charge >= 0.3 is 0 Å². The first-order valence-electron chi connectivity index (χ1n) is 4.84. The highest BCUT2D eigenvalue weighted by molar-refractivity contribution is 7.08. The van der Waals surface area contributed by atoms with E-state index in [9.17, 15) is 4.79 Å². The smallest absolute Gasteiger partial charge is 0.254 e. The van der Waals surface area contributed by atoms with Crippen molar-refractivity contribution in [3.8, 4) is 0 Å². The fourth-order valence-corrected chi connectivity index (χ4v) is 2.30. The molecule has 15 heavy (non-hydrogen) atoms. The summed E-state index contributed by atoms with van der Waals surface area (Å²) in [7, 11) is 0. The number of amides is 1. The number of nitrogens with two attached hydrogens (primary N) is 1. The summed E-state index contributed by atoms with van der Waals surface area (Å²) in [4.78, 5) is 13.8. The first kappa shape index (κ1) is 12.5. The van der Waals surface area contributed by atoms with E-state index in [2.05, 4.69) is 0 Å². The van der Waals surface area contributed by atoms with Crippen LogP contribution in [0.1, 0.15) is 23.2 Å². The summed E-state index contributed by atoms with van der Waals surface area (Å²) in [6.45, 7) is 1.60. The van der Waals surface area contributed by atoms with Crippen molar-refractivity contribution in [1.29, 1.82) is 0 Å². The molecule has 1 aromatic heterocycles. The molecule has 1 aliphatic rings. The number of nitrogens with zero attached hydrogens (tertiary/aromatic N) is 1. The van der Waals surface area contributed by atoms with Crippen LogP contribution in [0.4, 0.5) is 0 Å². The van der Waals surface area contributed by atoms with E-state index in [1.165, 1.54) is 0 Å². The van der Waals surface area contributed by atoms with Gasteiger partial charge in [-0.25, -0.2) is 0 Å². The molecule has 84 valence electrons. The number of carbonyl (C=O) groups is 1. The summed E-state index contributed by atoms with van der Waals surface area (Å²) in [5, 5.41) is 3.83. The van der Waals surface area contributed by atoms with E-state index in [1.54, 1.807) is 11.3 Å². The molecule has 1 fully saturated rings. The Kier molecular flexibility index (Phi) is 4.57. The highest BCUT2D eigenvalue weighted by Gasteiger charge is 2.21. The SMILES string of the molecule is Cl.NC1CCN(C(=O)c2ccsc2)CC1. The van der Waals surface area contributed by atoms with Gasteiger partial charge in [0.1, 0.15) is 0 Å². The maximum Gasteiger partial charge on any atom is 0.254 e. The van der Waals surface area contributed by atoms with Gasteiger partial charge < -0.3 is 10.6 Å². The van der Waals surface area contributed by atoms with Crippen molar-refractivity contribution in [2.24, 2.45) is 5.73 Å². The van der Waals surface area contributed by atoms with Crippen LogP contribution >= 0.6 is 23.7 Å². The number of thiophene rings is 1. The maximum absolute atomic E-state index is 11.9. The van der Waals surface area contributed by atoms with Crippen LogP contribution in [0.3, 0.4) is 0 Å². The van der Waals surface area contributed by atoms with Crippen LogP contribution in [0.5, 0.6) is 0 Å². The highest BCUT2D eigenvalue weighted by Crippen LogP contribution is 2.14. The Morgan fingerprint density at radius 3 is 2.67 bits per heavy atom. The van der Waals surface area contributed by atoms with Gasteiger partial charge in [-0.1, -0.05) is 0 Å². The summed E-state index contributed by atoms with van der Waals surface area (Å²) < 4.78 is 0. The number of rotatable bonds is 1. The molecule has 3 nitrogen and oxygen atoms in total. The van der Waals surface area contributed by atoms with Gasteiger partial charge in [0, 0.05) is 24.5 Å². The van der Waals surface area contributed by atoms with Crippen LogP contribution in [0, 0.1) is 0 Å². The zero-order chi connectivity index (χ0) is 9.97. The summed E-state index contributed by atoms with van der Waals surface area (Å²) in [6, 6.07) is 2.16. The normalized spacial score (nSPS) is 17.3. The van der Waals surface area contributed by atoms with E-state index in [0.717, 1.165) is 31.5 Å². The van der Waals surface area contributed by atoms with E-state index in [4.69, 9.17) is 5.73 Å². The van der Waals surface area contributed by atoms with Crippen LogP contribution < -0.4 is 5.73 Å². The maximum atomic E-state index is 11.9. The lowest BCUT2D eigenvalue weighted by Crippen LogP contribution is -2.42. The van der Waals surface area contributed by atoms with Crippen molar-refractivity contribution in [3.05, 3.63) is 22.4 Å². The van der Waals surface area contributed by atoms with Gasteiger partial charge in [0.2, 0.25) is 0 Å². The molecule has 1 amide bonds. The predicted molar refractivity (Wildman–Crippen MR) is 64.7 cm³/mol. The molecule has 0 spiro atoms. The summed E-state index contributed by atoms with van der Waals surface area (Å²) in [5.74, 6) is 0.151. The Labute approximate surface area is 99.7 Å². The predicted octanol–water partition coefficient (Wildman–Crippen LogP) is 1.73. The molecular weight excluding hydrogens is 232 g/mol. The Morgan fingerprint density at radius 1 is 1.47 bits per heavy atom. The highest BCUT2D eigenvalue weighted by atomic mass is 35.5. The van der Waals surface area contributed by atoms with Crippen LogP contribution in [0.25, 0.3) is 0 Å². The van der Waals surface area contributed by atoms with Crippen molar-refractivity contribution in [1.82, 2.24) is 4.90 Å². The fourth-order valence-electron chi connectivity index (χ4n) is 1.67. The molecule has 1 aromatic rings. The Balaban J connectivity index is 0.00000112. The minimum absolute atomic E-state index is 0. The average molecular weight is 247 g/mol. The molecule has 5 heteroatoms. The summed E-state index contributed by atoms with van der Waals surface area (Å²) >= 11 is 1.56. The molecule has 2 rings (SSSR count). The molecule has 1 aliphatic heterocycles. The quantitative estimate of drug-likeness (QED) is 0.821. The van der Waals surface area contributed by atoms with Crippen molar-refractivity contribution < 1.29 is 4.79 Å². The first-order valence-corrected chi connectivity index (χ1v) is 5.78. The molecule has 0 aliphatic carbocycles. The van der Waals surface area contributed by atoms with E-state index < -0.39 is 0 Å². The number of hydrogen-bond acceptors (Lipinski definition) is 3. The minimum Gasteiger partial charge on any atom is -0.339 e. The second-order valence-electron chi connectivity index (χ2n) is 3.64. The van der Waals surface area contributed by atoms with Gasteiger partial charge in [0.15, 0.2) is 0 Å². The summed E-state index contributed by atoms with van der Waals surface area (Å²) in [6.07, 6.45) is 1.85. The summed E-state index contributed by atoms with van der Waals surface area (Å²) in [5.41, 5.74) is 6.59. The molecule has 2 N–H and O–H groups in total. The zero-order valence-electron chi connectivity index (χ0n) is 8.39. The van der Waals surface area contributed by atoms with E-state index in [-0.39, 0.29) is 24.4 Å². The molecule has 0 saturated carbocycles. The van der Waals surface area contributed by atoms with Gasteiger partial charge in [-0.05, 0) is 24.3 Å². The van der Waals surface area contributed by atoms with Crippen molar-refractivity contribution in [2.45, 2.75) is 18.9 Å². The molecule has 0 atom stereocenters. The molecule has 2 heterocycles. The lowest BCUT2D eigenvalue weighted by atomic mass is 10.1. The van der Waals surface area contributed by atoms with Gasteiger partial charge in [-0.15, -0.1) is 12.4 Å². The van der Waals surface area contributed by atoms with Gasteiger partial charge in [-0.3, -0.25) is 4.79 Å². The fraction of sp³-hybridized carbons (Fsp3) is 0.500.